The normalized spacial score (nSPS) is 11.1. The first-order valence-corrected chi connectivity index (χ1v) is 35.7. The van der Waals surface area contributed by atoms with Crippen molar-refractivity contribution in [1.82, 2.24) is 31.1 Å². The molecule has 0 aliphatic heterocycles. The monoisotopic (exact) mass is 1290 g/mol. The molecule has 0 saturated carbocycles. The Morgan fingerprint density at radius 3 is 1.03 bits per heavy atom. The predicted molar refractivity (Wildman–Crippen MR) is 366 cm³/mol. The van der Waals surface area contributed by atoms with Gasteiger partial charge in [0.25, 0.3) is 0 Å². The Morgan fingerprint density at radius 2 is 0.663 bits per heavy atom. The second-order valence-corrected chi connectivity index (χ2v) is 24.0. The summed E-state index contributed by atoms with van der Waals surface area (Å²) in [6.45, 7) is 5.19. The van der Waals surface area contributed by atoms with Crippen molar-refractivity contribution in [2.45, 2.75) is 277 Å². The van der Waals surface area contributed by atoms with Gasteiger partial charge in [0, 0.05) is 84.5 Å². The number of unbranched alkanes of at least 4 members (excludes halogenated alkanes) is 32. The molecule has 0 heterocycles. The van der Waals surface area contributed by atoms with Crippen LogP contribution in [0.5, 0.6) is 0 Å². The Kier molecular flexibility index (Phi) is 64.0. The van der Waals surface area contributed by atoms with Crippen molar-refractivity contribution in [2.24, 2.45) is 0 Å². The van der Waals surface area contributed by atoms with Gasteiger partial charge < -0.3 is 50.8 Å². The summed E-state index contributed by atoms with van der Waals surface area (Å²) in [6.07, 6.45) is 43.4. The lowest BCUT2D eigenvalue weighted by atomic mass is 10.1. The molecule has 0 aromatic heterocycles. The van der Waals surface area contributed by atoms with Crippen LogP contribution >= 0.6 is 0 Å². The van der Waals surface area contributed by atoms with Gasteiger partial charge in [0.2, 0.25) is 23.6 Å². The Hall–Kier alpha value is -5.67. The van der Waals surface area contributed by atoms with Crippen molar-refractivity contribution < 1.29 is 63.1 Å². The minimum atomic E-state index is -1.22. The van der Waals surface area contributed by atoms with Crippen molar-refractivity contribution in [3.8, 4) is 47.4 Å². The summed E-state index contributed by atoms with van der Waals surface area (Å²) in [4.78, 5) is 87.8. The van der Waals surface area contributed by atoms with Crippen LogP contribution in [0.4, 0.5) is 0 Å². The Morgan fingerprint density at radius 1 is 0.348 bits per heavy atom. The first-order chi connectivity index (χ1) is 44.9. The first kappa shape index (κ1) is 86.3. The number of nitrogens with zero attached hydrogens (tertiary/aromatic N) is 2. The molecule has 0 bridgehead atoms. The molecule has 19 nitrogen and oxygen atoms in total. The molecule has 19 heteroatoms. The SMILES string of the molecule is CCCCCCCCCCCCC#CC#CCCCCCCCCC(=O)NC[C@H](NC(=O)CCCCCCCCC#CC#CCCCCCCCCCCCC)C(=O)NCCCOCCOCCOCCCNC(=O)CN(CCN(CC(=O)O)CC(=O)O)CC(=O)O. The van der Waals surface area contributed by atoms with Gasteiger partial charge in [-0.2, -0.15) is 0 Å². The van der Waals surface area contributed by atoms with Crippen molar-refractivity contribution >= 4 is 41.5 Å². The highest BCUT2D eigenvalue weighted by Gasteiger charge is 2.22. The Balaban J connectivity index is 4.62. The van der Waals surface area contributed by atoms with E-state index in [1.165, 1.54) is 120 Å². The fourth-order valence-electron chi connectivity index (χ4n) is 10.0. The van der Waals surface area contributed by atoms with E-state index in [1.54, 1.807) is 0 Å². The molecule has 524 valence electrons. The van der Waals surface area contributed by atoms with E-state index in [0.29, 0.717) is 78.3 Å². The van der Waals surface area contributed by atoms with Gasteiger partial charge in [-0.1, -0.05) is 204 Å². The maximum Gasteiger partial charge on any atom is 0.317 e. The van der Waals surface area contributed by atoms with Crippen LogP contribution in [0.3, 0.4) is 0 Å². The quantitative estimate of drug-likeness (QED) is 0.0221. The standard InChI is InChI=1S/C73H124N6O13/c1-3-5-7-9-11-13-15-17-19-21-23-25-27-29-31-33-35-37-39-41-43-45-49-67(80)76-61-66(77-68(81)50-46-44-42-40-38-36-34-32-30-28-26-24-22-20-18-16-14-12-10-8-6-4-2)73(89)75-52-48-56-91-58-60-92-59-57-90-55-47-51-74-69(82)62-78(63-70(83)84)53-54-79(64-71(85)86)65-72(87)88/h66H,3-24,33-65H2,1-2H3,(H,74,82)(H,75,89)(H,76,80)(H,77,81)(H,83,84)(H,85,86)(H,87,88)/t66-/m0/s1. The van der Waals surface area contributed by atoms with E-state index < -0.39 is 49.5 Å². The van der Waals surface area contributed by atoms with Crippen molar-refractivity contribution in [3.63, 3.8) is 0 Å². The third kappa shape index (κ3) is 65.8. The van der Waals surface area contributed by atoms with Gasteiger partial charge in [-0.25, -0.2) is 0 Å². The summed E-state index contributed by atoms with van der Waals surface area (Å²) in [7, 11) is 0. The zero-order valence-electron chi connectivity index (χ0n) is 57.3. The van der Waals surface area contributed by atoms with Gasteiger partial charge in [-0.15, -0.1) is 0 Å². The summed E-state index contributed by atoms with van der Waals surface area (Å²) in [5.41, 5.74) is 0. The molecular weight excluding hydrogens is 1170 g/mol. The summed E-state index contributed by atoms with van der Waals surface area (Å²) >= 11 is 0. The Bertz CT molecular complexity index is 2130. The smallest absolute Gasteiger partial charge is 0.317 e. The zero-order chi connectivity index (χ0) is 67.3. The summed E-state index contributed by atoms with van der Waals surface area (Å²) < 4.78 is 16.8. The average Bonchev–Trinajstić information content (AvgIpc) is 3.71. The molecule has 0 unspecified atom stereocenters. The van der Waals surface area contributed by atoms with Crippen LogP contribution in [0, 0.1) is 47.4 Å². The van der Waals surface area contributed by atoms with Crippen LogP contribution < -0.4 is 21.3 Å². The Labute approximate surface area is 556 Å². The number of rotatable bonds is 65. The lowest BCUT2D eigenvalue weighted by molar-refractivity contribution is -0.143. The van der Waals surface area contributed by atoms with E-state index in [1.807, 2.05) is 0 Å². The molecule has 0 rings (SSSR count). The summed E-state index contributed by atoms with van der Waals surface area (Å²) in [5, 5.41) is 38.7. The maximum absolute atomic E-state index is 13.4. The highest BCUT2D eigenvalue weighted by Crippen LogP contribution is 2.14. The largest absolute Gasteiger partial charge is 0.480 e. The number of carboxylic acid groups (broad SMARTS) is 3. The van der Waals surface area contributed by atoms with E-state index in [4.69, 9.17) is 24.4 Å². The predicted octanol–water partition coefficient (Wildman–Crippen LogP) is 11.4. The molecule has 0 aromatic rings. The highest BCUT2D eigenvalue weighted by molar-refractivity contribution is 5.88. The number of carbonyl (C=O) groups is 7. The van der Waals surface area contributed by atoms with E-state index in [0.717, 1.165) is 114 Å². The van der Waals surface area contributed by atoms with Crippen LogP contribution in [0.1, 0.15) is 271 Å². The van der Waals surface area contributed by atoms with Gasteiger partial charge in [0.05, 0.1) is 52.6 Å². The fraction of sp³-hybridized carbons (Fsp3) is 0.795. The molecule has 4 amide bonds. The minimum absolute atomic E-state index is 0.00289. The summed E-state index contributed by atoms with van der Waals surface area (Å²) in [5.74, 6) is 20.0. The molecule has 0 aliphatic carbocycles. The lowest BCUT2D eigenvalue weighted by Crippen LogP contribution is -2.52. The number of carboxylic acids is 3. The van der Waals surface area contributed by atoms with Gasteiger partial charge >= 0.3 is 17.9 Å². The number of amides is 4. The molecule has 0 aliphatic rings. The molecule has 92 heavy (non-hydrogen) atoms. The van der Waals surface area contributed by atoms with Gasteiger partial charge in [-0.05, 0) is 75.0 Å². The lowest BCUT2D eigenvalue weighted by Gasteiger charge is -2.24. The number of aliphatic carboxylic acids is 3. The van der Waals surface area contributed by atoms with Gasteiger partial charge in [0.1, 0.15) is 6.04 Å². The van der Waals surface area contributed by atoms with E-state index in [9.17, 15) is 38.7 Å². The third-order valence-electron chi connectivity index (χ3n) is 15.3. The van der Waals surface area contributed by atoms with Crippen molar-refractivity contribution in [2.75, 3.05) is 98.5 Å². The van der Waals surface area contributed by atoms with Crippen LogP contribution in [-0.2, 0) is 47.8 Å². The molecule has 0 spiro atoms. The van der Waals surface area contributed by atoms with Crippen LogP contribution in [0.25, 0.3) is 0 Å². The topological polar surface area (TPSA) is 262 Å². The number of hydrogen-bond donors (Lipinski definition) is 7. The van der Waals surface area contributed by atoms with Crippen molar-refractivity contribution in [1.29, 1.82) is 0 Å². The average molecular weight is 1290 g/mol. The van der Waals surface area contributed by atoms with E-state index in [2.05, 4.69) is 82.5 Å². The minimum Gasteiger partial charge on any atom is -0.480 e. The van der Waals surface area contributed by atoms with Crippen molar-refractivity contribution in [3.05, 3.63) is 0 Å². The summed E-state index contributed by atoms with van der Waals surface area (Å²) in [6, 6.07) is -0.914. The second-order valence-electron chi connectivity index (χ2n) is 24.0. The fourth-order valence-corrected chi connectivity index (χ4v) is 10.0. The van der Waals surface area contributed by atoms with Gasteiger partial charge in [-0.3, -0.25) is 43.4 Å². The number of hydrogen-bond acceptors (Lipinski definition) is 12. The second kappa shape index (κ2) is 68.2. The number of carbonyl (C=O) groups excluding carboxylic acids is 4. The van der Waals surface area contributed by atoms with Crippen LogP contribution in [-0.4, -0.2) is 171 Å². The molecule has 1 atom stereocenters. The highest BCUT2D eigenvalue weighted by atomic mass is 16.5. The molecule has 7 N–H and O–H groups in total. The number of nitrogens with one attached hydrogen (secondary N) is 4. The molecule has 0 radical (unpaired) electrons. The molecule has 0 fully saturated rings. The molecular formula is C73H124N6O13. The van der Waals surface area contributed by atoms with E-state index in [-0.39, 0.29) is 50.4 Å². The van der Waals surface area contributed by atoms with Gasteiger partial charge in [0.15, 0.2) is 0 Å². The first-order valence-electron chi connectivity index (χ1n) is 35.7. The molecule has 0 aromatic carbocycles. The van der Waals surface area contributed by atoms with Crippen LogP contribution in [0.15, 0.2) is 0 Å². The number of ether oxygens (including phenoxy) is 3. The van der Waals surface area contributed by atoms with Crippen LogP contribution in [0.2, 0.25) is 0 Å². The molecule has 0 saturated heterocycles. The van der Waals surface area contributed by atoms with E-state index >= 15 is 0 Å². The maximum atomic E-state index is 13.4. The zero-order valence-corrected chi connectivity index (χ0v) is 57.3. The third-order valence-corrected chi connectivity index (χ3v) is 15.3.